The molecule has 2 aromatic carbocycles. The number of nitrogens with one attached hydrogen (secondary N) is 2. The van der Waals surface area contributed by atoms with Crippen molar-refractivity contribution in [3.63, 3.8) is 0 Å². The Morgan fingerprint density at radius 1 is 1.12 bits per heavy atom. The van der Waals surface area contributed by atoms with Crippen molar-refractivity contribution in [3.05, 3.63) is 65.4 Å². The van der Waals surface area contributed by atoms with E-state index in [-0.39, 0.29) is 17.9 Å². The molecule has 0 aliphatic carbocycles. The second-order valence-corrected chi connectivity index (χ2v) is 7.79. The number of anilines is 2. The van der Waals surface area contributed by atoms with Gasteiger partial charge in [0.15, 0.2) is 23.2 Å². The van der Waals surface area contributed by atoms with E-state index in [1.165, 1.54) is 20.3 Å². The molecule has 0 saturated carbocycles. The van der Waals surface area contributed by atoms with Gasteiger partial charge in [-0.3, -0.25) is 4.79 Å². The van der Waals surface area contributed by atoms with Crippen molar-refractivity contribution in [2.45, 2.75) is 31.6 Å². The van der Waals surface area contributed by atoms with Gasteiger partial charge in [0, 0.05) is 18.2 Å². The highest BCUT2D eigenvalue weighted by molar-refractivity contribution is 6.03. The van der Waals surface area contributed by atoms with E-state index >= 15 is 0 Å². The maximum atomic E-state index is 13.9. The van der Waals surface area contributed by atoms with Gasteiger partial charge < -0.3 is 20.1 Å². The van der Waals surface area contributed by atoms with Crippen LogP contribution in [0.15, 0.2) is 48.5 Å². The maximum Gasteiger partial charge on any atom is 0.410 e. The van der Waals surface area contributed by atoms with Gasteiger partial charge in [0.05, 0.1) is 20.3 Å². The zero-order valence-electron chi connectivity index (χ0n) is 18.2. The number of alkyl halides is 3. The Bertz CT molecular complexity index is 1180. The SMILES string of the molecule is COc1ccc([C@@H]2C[C@H](C(F)(F)F)n3nc(C(=O)Nc4cccc(C)c4)cc3N2)cc1OC. The number of aromatic nitrogens is 2. The number of ether oxygens (including phenoxy) is 2. The van der Waals surface area contributed by atoms with Crippen molar-refractivity contribution < 1.29 is 27.4 Å². The minimum atomic E-state index is -4.55. The minimum Gasteiger partial charge on any atom is -0.493 e. The molecule has 2 atom stereocenters. The molecule has 2 heterocycles. The third-order valence-electron chi connectivity index (χ3n) is 5.51. The van der Waals surface area contributed by atoms with Gasteiger partial charge in [-0.15, -0.1) is 0 Å². The molecule has 0 fully saturated rings. The average Bonchev–Trinajstić information content (AvgIpc) is 3.21. The quantitative estimate of drug-likeness (QED) is 0.553. The van der Waals surface area contributed by atoms with Crippen LogP contribution >= 0.6 is 0 Å². The largest absolute Gasteiger partial charge is 0.493 e. The zero-order valence-corrected chi connectivity index (χ0v) is 18.2. The monoisotopic (exact) mass is 460 g/mol. The number of amides is 1. The van der Waals surface area contributed by atoms with Crippen LogP contribution in [0.2, 0.25) is 0 Å². The molecule has 33 heavy (non-hydrogen) atoms. The standard InChI is InChI=1S/C23H23F3N4O3/c1-13-5-4-6-15(9-13)27-22(31)17-12-21-28-16(11-20(23(24,25)26)30(21)29-17)14-7-8-18(32-2)19(10-14)33-3/h4-10,12,16,20,28H,11H2,1-3H3,(H,27,31)/t16-,20+/m0/s1. The van der Waals surface area contributed by atoms with Gasteiger partial charge >= 0.3 is 6.18 Å². The fourth-order valence-electron chi connectivity index (χ4n) is 3.89. The number of benzene rings is 2. The molecule has 1 aliphatic rings. The molecule has 0 radical (unpaired) electrons. The third-order valence-corrected chi connectivity index (χ3v) is 5.51. The first-order valence-corrected chi connectivity index (χ1v) is 10.2. The average molecular weight is 460 g/mol. The van der Waals surface area contributed by atoms with Gasteiger partial charge in [-0.25, -0.2) is 4.68 Å². The predicted octanol–water partition coefficient (Wildman–Crippen LogP) is 5.12. The van der Waals surface area contributed by atoms with E-state index in [0.717, 1.165) is 10.2 Å². The molecule has 0 unspecified atom stereocenters. The summed E-state index contributed by atoms with van der Waals surface area (Å²) in [6.07, 6.45) is -4.85. The first kappa shape index (κ1) is 22.5. The van der Waals surface area contributed by atoms with Crippen LogP contribution in [0.4, 0.5) is 24.7 Å². The number of hydrogen-bond acceptors (Lipinski definition) is 5. The lowest BCUT2D eigenvalue weighted by Gasteiger charge is -2.33. The summed E-state index contributed by atoms with van der Waals surface area (Å²) in [7, 11) is 2.95. The smallest absolute Gasteiger partial charge is 0.410 e. The Morgan fingerprint density at radius 2 is 1.88 bits per heavy atom. The molecular formula is C23H23F3N4O3. The number of halogens is 3. The van der Waals surface area contributed by atoms with Gasteiger partial charge in [0.1, 0.15) is 5.82 Å². The lowest BCUT2D eigenvalue weighted by molar-refractivity contribution is -0.173. The van der Waals surface area contributed by atoms with E-state index in [9.17, 15) is 18.0 Å². The normalized spacial score (nSPS) is 17.6. The molecule has 1 aromatic heterocycles. The second kappa shape index (κ2) is 8.68. The lowest BCUT2D eigenvalue weighted by atomic mass is 9.96. The van der Waals surface area contributed by atoms with Crippen LogP contribution in [-0.4, -0.2) is 36.1 Å². The molecule has 3 aromatic rings. The molecule has 1 aliphatic heterocycles. The number of fused-ring (bicyclic) bond motifs is 1. The van der Waals surface area contributed by atoms with Crippen molar-refractivity contribution in [1.29, 1.82) is 0 Å². The summed E-state index contributed by atoms with van der Waals surface area (Å²) in [6, 6.07) is 10.8. The Kier molecular flexibility index (Phi) is 5.92. The number of aryl methyl sites for hydroxylation is 1. The zero-order chi connectivity index (χ0) is 23.8. The van der Waals surface area contributed by atoms with E-state index in [1.54, 1.807) is 36.4 Å². The predicted molar refractivity (Wildman–Crippen MR) is 117 cm³/mol. The van der Waals surface area contributed by atoms with Crippen molar-refractivity contribution in [3.8, 4) is 11.5 Å². The molecule has 4 rings (SSSR count). The van der Waals surface area contributed by atoms with Gasteiger partial charge in [0.25, 0.3) is 5.91 Å². The first-order chi connectivity index (χ1) is 15.7. The van der Waals surface area contributed by atoms with E-state index < -0.39 is 24.2 Å². The number of rotatable bonds is 5. The molecule has 0 saturated heterocycles. The number of hydrogen-bond donors (Lipinski definition) is 2. The summed E-state index contributed by atoms with van der Waals surface area (Å²) in [5.74, 6) is 0.410. The molecule has 0 spiro atoms. The Morgan fingerprint density at radius 3 is 2.55 bits per heavy atom. The summed E-state index contributed by atoms with van der Waals surface area (Å²) < 4.78 is 53.2. The van der Waals surface area contributed by atoms with Crippen LogP contribution in [0.3, 0.4) is 0 Å². The van der Waals surface area contributed by atoms with Crippen molar-refractivity contribution in [2.24, 2.45) is 0 Å². The van der Waals surface area contributed by atoms with Gasteiger partial charge in [-0.2, -0.15) is 18.3 Å². The van der Waals surface area contributed by atoms with Crippen LogP contribution in [-0.2, 0) is 0 Å². The Balaban J connectivity index is 1.65. The van der Waals surface area contributed by atoms with E-state index in [0.29, 0.717) is 22.7 Å². The van der Waals surface area contributed by atoms with Crippen LogP contribution in [0.25, 0.3) is 0 Å². The Hall–Kier alpha value is -3.69. The number of carbonyl (C=O) groups is 1. The number of carbonyl (C=O) groups excluding carboxylic acids is 1. The minimum absolute atomic E-state index is 0.109. The molecular weight excluding hydrogens is 437 g/mol. The second-order valence-electron chi connectivity index (χ2n) is 7.79. The highest BCUT2D eigenvalue weighted by Crippen LogP contribution is 2.44. The van der Waals surface area contributed by atoms with E-state index in [4.69, 9.17) is 9.47 Å². The van der Waals surface area contributed by atoms with Gasteiger partial charge in [-0.1, -0.05) is 18.2 Å². The summed E-state index contributed by atoms with van der Waals surface area (Å²) in [4.78, 5) is 12.7. The Labute approximate surface area is 188 Å². The highest BCUT2D eigenvalue weighted by atomic mass is 19.4. The topological polar surface area (TPSA) is 77.4 Å². The van der Waals surface area contributed by atoms with Crippen molar-refractivity contribution >= 4 is 17.4 Å². The molecule has 10 heteroatoms. The molecule has 174 valence electrons. The van der Waals surface area contributed by atoms with Crippen LogP contribution in [0, 0.1) is 6.92 Å². The summed E-state index contributed by atoms with van der Waals surface area (Å²) in [6.45, 7) is 1.87. The third kappa shape index (κ3) is 4.59. The van der Waals surface area contributed by atoms with E-state index in [2.05, 4.69) is 15.7 Å². The van der Waals surface area contributed by atoms with Crippen molar-refractivity contribution in [2.75, 3.05) is 24.9 Å². The van der Waals surface area contributed by atoms with E-state index in [1.807, 2.05) is 13.0 Å². The number of nitrogens with zero attached hydrogens (tertiary/aromatic N) is 2. The van der Waals surface area contributed by atoms with Gasteiger partial charge in [-0.05, 0) is 42.3 Å². The molecule has 7 nitrogen and oxygen atoms in total. The molecule has 1 amide bonds. The summed E-state index contributed by atoms with van der Waals surface area (Å²) in [5.41, 5.74) is 1.96. The summed E-state index contributed by atoms with van der Waals surface area (Å²) >= 11 is 0. The summed E-state index contributed by atoms with van der Waals surface area (Å²) in [5, 5.41) is 9.74. The van der Waals surface area contributed by atoms with Crippen LogP contribution in [0.1, 0.15) is 40.1 Å². The highest BCUT2D eigenvalue weighted by Gasteiger charge is 2.47. The molecule has 2 N–H and O–H groups in total. The lowest BCUT2D eigenvalue weighted by Crippen LogP contribution is -2.35. The van der Waals surface area contributed by atoms with Crippen LogP contribution < -0.4 is 20.1 Å². The first-order valence-electron chi connectivity index (χ1n) is 10.2. The van der Waals surface area contributed by atoms with Gasteiger partial charge in [0.2, 0.25) is 0 Å². The number of methoxy groups -OCH3 is 2. The fraction of sp³-hybridized carbons (Fsp3) is 0.304. The molecule has 0 bridgehead atoms. The van der Waals surface area contributed by atoms with Crippen LogP contribution in [0.5, 0.6) is 11.5 Å². The maximum absolute atomic E-state index is 13.9. The van der Waals surface area contributed by atoms with Crippen molar-refractivity contribution in [1.82, 2.24) is 9.78 Å². The fourth-order valence-corrected chi connectivity index (χ4v) is 3.89.